The summed E-state index contributed by atoms with van der Waals surface area (Å²) in [6.45, 7) is 7.03. The Morgan fingerprint density at radius 2 is 1.95 bits per heavy atom. The van der Waals surface area contributed by atoms with Crippen molar-refractivity contribution in [1.82, 2.24) is 20.3 Å². The van der Waals surface area contributed by atoms with Gasteiger partial charge in [0.2, 0.25) is 0 Å². The summed E-state index contributed by atoms with van der Waals surface area (Å²) in [5.74, 6) is 0.554. The monoisotopic (exact) mass is 276 g/mol. The number of aromatic nitrogens is 3. The summed E-state index contributed by atoms with van der Waals surface area (Å²) in [6.07, 6.45) is 3.41. The molecule has 0 aliphatic carbocycles. The highest BCUT2D eigenvalue weighted by atomic mass is 35.5. The minimum absolute atomic E-state index is 0.0494. The molecule has 0 saturated heterocycles. The lowest BCUT2D eigenvalue weighted by Crippen LogP contribution is -2.35. The van der Waals surface area contributed by atoms with Crippen molar-refractivity contribution in [3.05, 3.63) is 41.3 Å². The van der Waals surface area contributed by atoms with E-state index in [2.05, 4.69) is 41.0 Å². The summed E-state index contributed by atoms with van der Waals surface area (Å²) in [4.78, 5) is 12.9. The van der Waals surface area contributed by atoms with Gasteiger partial charge in [-0.2, -0.15) is 0 Å². The minimum Gasteiger partial charge on any atom is -0.306 e. The predicted molar refractivity (Wildman–Crippen MR) is 76.9 cm³/mol. The first-order valence-corrected chi connectivity index (χ1v) is 6.51. The average molecular weight is 277 g/mol. The second-order valence-corrected chi connectivity index (χ2v) is 5.72. The molecule has 0 aliphatic rings. The predicted octanol–water partition coefficient (Wildman–Crippen LogP) is 3.08. The highest BCUT2D eigenvalue weighted by molar-refractivity contribution is 6.32. The third kappa shape index (κ3) is 3.98. The lowest BCUT2D eigenvalue weighted by Gasteiger charge is -2.20. The molecular formula is C14H17ClN4. The van der Waals surface area contributed by atoms with E-state index in [4.69, 9.17) is 11.6 Å². The summed E-state index contributed by atoms with van der Waals surface area (Å²) in [5, 5.41) is 3.95. The van der Waals surface area contributed by atoms with Crippen LogP contribution < -0.4 is 5.32 Å². The quantitative estimate of drug-likeness (QED) is 0.936. The van der Waals surface area contributed by atoms with Crippen LogP contribution in [0.25, 0.3) is 11.5 Å². The smallest absolute Gasteiger partial charge is 0.179 e. The third-order valence-corrected chi connectivity index (χ3v) is 2.79. The normalized spacial score (nSPS) is 11.6. The van der Waals surface area contributed by atoms with E-state index in [1.807, 2.05) is 6.07 Å². The molecule has 5 heteroatoms. The SMILES string of the molecule is CC(C)(C)NCc1ccnc(-c2ncccc2Cl)n1. The number of nitrogens with zero attached hydrogens (tertiary/aromatic N) is 3. The minimum atomic E-state index is 0.0494. The van der Waals surface area contributed by atoms with E-state index < -0.39 is 0 Å². The molecule has 0 bridgehead atoms. The van der Waals surface area contributed by atoms with Crippen LogP contribution in [0.2, 0.25) is 5.02 Å². The van der Waals surface area contributed by atoms with Gasteiger partial charge in [-0.15, -0.1) is 0 Å². The van der Waals surface area contributed by atoms with Gasteiger partial charge in [0.05, 0.1) is 10.7 Å². The lowest BCUT2D eigenvalue weighted by atomic mass is 10.1. The van der Waals surface area contributed by atoms with Crippen molar-refractivity contribution in [2.75, 3.05) is 0 Å². The molecule has 2 rings (SSSR count). The first-order valence-electron chi connectivity index (χ1n) is 6.13. The van der Waals surface area contributed by atoms with Crippen LogP contribution in [0.1, 0.15) is 26.5 Å². The van der Waals surface area contributed by atoms with Crippen molar-refractivity contribution in [2.24, 2.45) is 0 Å². The van der Waals surface area contributed by atoms with Gasteiger partial charge in [-0.05, 0) is 39.0 Å². The van der Waals surface area contributed by atoms with E-state index in [-0.39, 0.29) is 5.54 Å². The molecule has 2 aromatic heterocycles. The summed E-state index contributed by atoms with van der Waals surface area (Å²) in [6, 6.07) is 5.46. The molecule has 0 aliphatic heterocycles. The van der Waals surface area contributed by atoms with Crippen LogP contribution in [-0.2, 0) is 6.54 Å². The van der Waals surface area contributed by atoms with Crippen LogP contribution in [0.5, 0.6) is 0 Å². The zero-order chi connectivity index (χ0) is 13.9. The Labute approximate surface area is 118 Å². The first kappa shape index (κ1) is 13.9. The Hall–Kier alpha value is -1.52. The Morgan fingerprint density at radius 1 is 1.16 bits per heavy atom. The van der Waals surface area contributed by atoms with Crippen LogP contribution in [0, 0.1) is 0 Å². The summed E-state index contributed by atoms with van der Waals surface area (Å²) >= 11 is 6.10. The molecule has 0 radical (unpaired) electrons. The lowest BCUT2D eigenvalue weighted by molar-refractivity contribution is 0.421. The van der Waals surface area contributed by atoms with Gasteiger partial charge in [0.1, 0.15) is 5.69 Å². The van der Waals surface area contributed by atoms with Gasteiger partial charge < -0.3 is 5.32 Å². The number of pyridine rings is 1. The van der Waals surface area contributed by atoms with Crippen LogP contribution >= 0.6 is 11.6 Å². The highest BCUT2D eigenvalue weighted by Gasteiger charge is 2.11. The van der Waals surface area contributed by atoms with Crippen molar-refractivity contribution in [3.63, 3.8) is 0 Å². The molecule has 1 N–H and O–H groups in total. The van der Waals surface area contributed by atoms with E-state index in [1.165, 1.54) is 0 Å². The van der Waals surface area contributed by atoms with Gasteiger partial charge in [-0.3, -0.25) is 4.98 Å². The molecule has 100 valence electrons. The van der Waals surface area contributed by atoms with Gasteiger partial charge in [-0.25, -0.2) is 9.97 Å². The van der Waals surface area contributed by atoms with E-state index >= 15 is 0 Å². The molecule has 0 aromatic carbocycles. The van der Waals surface area contributed by atoms with Gasteiger partial charge in [0.25, 0.3) is 0 Å². The van der Waals surface area contributed by atoms with E-state index in [0.29, 0.717) is 23.1 Å². The number of nitrogens with one attached hydrogen (secondary N) is 1. The highest BCUT2D eigenvalue weighted by Crippen LogP contribution is 2.21. The van der Waals surface area contributed by atoms with Crippen LogP contribution in [0.4, 0.5) is 0 Å². The van der Waals surface area contributed by atoms with Crippen molar-refractivity contribution in [2.45, 2.75) is 32.9 Å². The van der Waals surface area contributed by atoms with E-state index in [1.54, 1.807) is 24.5 Å². The van der Waals surface area contributed by atoms with Crippen molar-refractivity contribution < 1.29 is 0 Å². The molecule has 0 saturated carbocycles. The number of hydrogen-bond donors (Lipinski definition) is 1. The number of hydrogen-bond acceptors (Lipinski definition) is 4. The first-order chi connectivity index (χ1) is 8.96. The van der Waals surface area contributed by atoms with Gasteiger partial charge in [0, 0.05) is 24.5 Å². The Balaban J connectivity index is 2.23. The third-order valence-electron chi connectivity index (χ3n) is 2.48. The van der Waals surface area contributed by atoms with Crippen molar-refractivity contribution in [3.8, 4) is 11.5 Å². The molecular weight excluding hydrogens is 260 g/mol. The van der Waals surface area contributed by atoms with Gasteiger partial charge >= 0.3 is 0 Å². The topological polar surface area (TPSA) is 50.7 Å². The maximum absolute atomic E-state index is 6.10. The van der Waals surface area contributed by atoms with Gasteiger partial charge in [0.15, 0.2) is 5.82 Å². The molecule has 0 atom stereocenters. The standard InChI is InChI=1S/C14H17ClN4/c1-14(2,3)18-9-10-6-8-17-13(19-10)12-11(15)5-4-7-16-12/h4-8,18H,9H2,1-3H3. The summed E-state index contributed by atoms with van der Waals surface area (Å²) in [7, 11) is 0. The largest absolute Gasteiger partial charge is 0.306 e. The summed E-state index contributed by atoms with van der Waals surface area (Å²) in [5.41, 5.74) is 1.58. The molecule has 19 heavy (non-hydrogen) atoms. The van der Waals surface area contributed by atoms with Crippen molar-refractivity contribution in [1.29, 1.82) is 0 Å². The fourth-order valence-electron chi connectivity index (χ4n) is 1.51. The second kappa shape index (κ2) is 5.63. The Kier molecular flexibility index (Phi) is 4.12. The second-order valence-electron chi connectivity index (χ2n) is 5.31. The molecule has 2 heterocycles. The zero-order valence-corrected chi connectivity index (χ0v) is 12.1. The molecule has 0 amide bonds. The van der Waals surface area contributed by atoms with E-state index in [0.717, 1.165) is 5.69 Å². The Morgan fingerprint density at radius 3 is 2.63 bits per heavy atom. The number of halogens is 1. The molecule has 0 unspecified atom stereocenters. The fraction of sp³-hybridized carbons (Fsp3) is 0.357. The van der Waals surface area contributed by atoms with Crippen LogP contribution in [-0.4, -0.2) is 20.5 Å². The molecule has 0 spiro atoms. The molecule has 0 fully saturated rings. The maximum Gasteiger partial charge on any atom is 0.179 e. The van der Waals surface area contributed by atoms with E-state index in [9.17, 15) is 0 Å². The molecule has 2 aromatic rings. The van der Waals surface area contributed by atoms with Gasteiger partial charge in [-0.1, -0.05) is 11.6 Å². The Bertz CT molecular complexity index is 563. The molecule has 4 nitrogen and oxygen atoms in total. The van der Waals surface area contributed by atoms with Crippen LogP contribution in [0.15, 0.2) is 30.6 Å². The average Bonchev–Trinajstić information content (AvgIpc) is 2.36. The van der Waals surface area contributed by atoms with Crippen molar-refractivity contribution >= 4 is 11.6 Å². The fourth-order valence-corrected chi connectivity index (χ4v) is 1.72. The maximum atomic E-state index is 6.10. The van der Waals surface area contributed by atoms with Crippen LogP contribution in [0.3, 0.4) is 0 Å². The summed E-state index contributed by atoms with van der Waals surface area (Å²) < 4.78 is 0. The number of rotatable bonds is 3. The zero-order valence-electron chi connectivity index (χ0n) is 11.3.